The second-order valence-corrected chi connectivity index (χ2v) is 11.1. The molecule has 0 saturated carbocycles. The number of hydrogen-bond acceptors (Lipinski definition) is 9. The molecule has 7 heterocycles. The van der Waals surface area contributed by atoms with Crippen molar-refractivity contribution < 1.29 is 14.6 Å². The molecule has 3 aromatic rings. The van der Waals surface area contributed by atoms with Gasteiger partial charge in [0.2, 0.25) is 0 Å². The number of aliphatic hydroxyl groups excluding tert-OH is 1. The zero-order valence-electron chi connectivity index (χ0n) is 21.7. The van der Waals surface area contributed by atoms with Gasteiger partial charge in [-0.1, -0.05) is 0 Å². The Bertz CT molecular complexity index is 1360. The first-order valence-corrected chi connectivity index (χ1v) is 13.9. The number of hydrogen-bond donors (Lipinski definition) is 1. The highest BCUT2D eigenvalue weighted by Crippen LogP contribution is 2.40. The van der Waals surface area contributed by atoms with Crippen LogP contribution in [-0.2, 0) is 9.47 Å². The molecule has 2 bridgehead atoms. The van der Waals surface area contributed by atoms with Crippen LogP contribution >= 0.6 is 0 Å². The molecule has 4 saturated heterocycles. The second kappa shape index (κ2) is 9.52. The summed E-state index contributed by atoms with van der Waals surface area (Å²) in [7, 11) is 0. The predicted molar refractivity (Wildman–Crippen MR) is 140 cm³/mol. The van der Waals surface area contributed by atoms with Crippen LogP contribution in [0, 0.1) is 11.3 Å². The van der Waals surface area contributed by atoms with Gasteiger partial charge in [-0.25, -0.2) is 9.67 Å². The summed E-state index contributed by atoms with van der Waals surface area (Å²) in [6.45, 7) is 4.98. The van der Waals surface area contributed by atoms with Crippen molar-refractivity contribution in [3.8, 4) is 11.9 Å². The first kappa shape index (κ1) is 23.9. The Morgan fingerprint density at radius 2 is 1.92 bits per heavy atom. The van der Waals surface area contributed by atoms with Crippen LogP contribution < -0.4 is 9.80 Å². The van der Waals surface area contributed by atoms with Crippen molar-refractivity contribution >= 4 is 22.5 Å². The number of nitrogens with zero attached hydrogens (tertiary/aromatic N) is 8. The molecule has 4 fully saturated rings. The van der Waals surface area contributed by atoms with Gasteiger partial charge in [-0.15, -0.1) is 0 Å². The van der Waals surface area contributed by atoms with Gasteiger partial charge in [-0.2, -0.15) is 20.1 Å². The zero-order valence-corrected chi connectivity index (χ0v) is 21.7. The van der Waals surface area contributed by atoms with Gasteiger partial charge >= 0.3 is 0 Å². The molecule has 0 spiro atoms. The number of aliphatic hydroxyl groups is 1. The van der Waals surface area contributed by atoms with Crippen molar-refractivity contribution in [3.63, 3.8) is 0 Å². The average Bonchev–Trinajstić information content (AvgIpc) is 3.63. The highest BCUT2D eigenvalue weighted by atomic mass is 16.5. The van der Waals surface area contributed by atoms with Gasteiger partial charge in [-0.3, -0.25) is 0 Å². The third-order valence-electron chi connectivity index (χ3n) is 8.63. The second-order valence-electron chi connectivity index (χ2n) is 11.1. The van der Waals surface area contributed by atoms with Crippen molar-refractivity contribution in [2.75, 3.05) is 36.2 Å². The largest absolute Gasteiger partial charge is 0.393 e. The SMILES string of the molecule is C[C@@H]1CC(O)CCN1c1cc(N2C3CCC2COC3)nc2c1c(C#N)nn2-c1ccn(C2CCCCO2)n1. The minimum absolute atomic E-state index is 0.0848. The molecule has 4 unspecified atom stereocenters. The first-order valence-electron chi connectivity index (χ1n) is 13.9. The number of fused-ring (bicyclic) bond motifs is 3. The smallest absolute Gasteiger partial charge is 0.177 e. The molecule has 4 aliphatic rings. The van der Waals surface area contributed by atoms with E-state index in [-0.39, 0.29) is 18.4 Å². The van der Waals surface area contributed by atoms with Gasteiger partial charge in [0.25, 0.3) is 0 Å². The Morgan fingerprint density at radius 3 is 2.66 bits per heavy atom. The summed E-state index contributed by atoms with van der Waals surface area (Å²) in [5, 5.41) is 30.8. The van der Waals surface area contributed by atoms with E-state index >= 15 is 0 Å². The molecule has 7 rings (SSSR count). The van der Waals surface area contributed by atoms with Crippen molar-refractivity contribution in [2.24, 2.45) is 0 Å². The summed E-state index contributed by atoms with van der Waals surface area (Å²) in [5.74, 6) is 1.51. The van der Waals surface area contributed by atoms with Gasteiger partial charge in [0.05, 0.1) is 42.5 Å². The fourth-order valence-corrected chi connectivity index (χ4v) is 6.72. The van der Waals surface area contributed by atoms with E-state index in [0.717, 1.165) is 55.6 Å². The fraction of sp³-hybridized carbons (Fsp3) is 0.630. The number of anilines is 2. The Morgan fingerprint density at radius 1 is 1.08 bits per heavy atom. The molecule has 11 nitrogen and oxygen atoms in total. The number of nitriles is 1. The first-order chi connectivity index (χ1) is 18.6. The van der Waals surface area contributed by atoms with E-state index in [0.29, 0.717) is 61.8 Å². The molecule has 38 heavy (non-hydrogen) atoms. The van der Waals surface area contributed by atoms with E-state index in [1.54, 1.807) is 4.68 Å². The molecule has 5 atom stereocenters. The van der Waals surface area contributed by atoms with Gasteiger partial charge in [0.15, 0.2) is 17.2 Å². The summed E-state index contributed by atoms with van der Waals surface area (Å²) < 4.78 is 15.4. The molecule has 11 heteroatoms. The molecule has 200 valence electrons. The van der Waals surface area contributed by atoms with E-state index in [1.807, 2.05) is 16.9 Å². The summed E-state index contributed by atoms with van der Waals surface area (Å²) >= 11 is 0. The molecule has 0 radical (unpaired) electrons. The third kappa shape index (κ3) is 3.94. The normalized spacial score (nSPS) is 29.7. The molecule has 3 aromatic heterocycles. The van der Waals surface area contributed by atoms with Crippen molar-refractivity contribution in [2.45, 2.75) is 82.3 Å². The summed E-state index contributed by atoms with van der Waals surface area (Å²) in [6, 6.07) is 7.08. The summed E-state index contributed by atoms with van der Waals surface area (Å²) in [6.07, 6.45) is 8.18. The average molecular weight is 519 g/mol. The van der Waals surface area contributed by atoms with Crippen molar-refractivity contribution in [3.05, 3.63) is 24.0 Å². The minimum Gasteiger partial charge on any atom is -0.393 e. The number of pyridine rings is 1. The van der Waals surface area contributed by atoms with Gasteiger partial charge in [0, 0.05) is 37.5 Å². The van der Waals surface area contributed by atoms with Crippen LogP contribution in [0.5, 0.6) is 0 Å². The zero-order chi connectivity index (χ0) is 25.8. The standard InChI is InChI=1S/C27H34N8O3/c1-17-12-20(36)7-9-32(17)22-13-24(34-18-5-6-19(34)16-37-15-18)29-27-26(22)21(14-28)30-35(27)23-8-10-33(31-23)25-4-2-3-11-38-25/h8,10,13,17-20,25,36H,2-7,9,11-12,15-16H2,1H3/t17-,18?,19?,20?,25?/m1/s1. The Labute approximate surface area is 221 Å². The van der Waals surface area contributed by atoms with Crippen LogP contribution in [-0.4, -0.2) is 80.2 Å². The topological polar surface area (TPSA) is 117 Å². The molecule has 0 aliphatic carbocycles. The minimum atomic E-state index is -0.308. The van der Waals surface area contributed by atoms with Gasteiger partial charge < -0.3 is 24.4 Å². The van der Waals surface area contributed by atoms with E-state index in [1.165, 1.54) is 0 Å². The van der Waals surface area contributed by atoms with Crippen molar-refractivity contribution in [1.82, 2.24) is 24.5 Å². The van der Waals surface area contributed by atoms with E-state index < -0.39 is 0 Å². The molecular weight excluding hydrogens is 484 g/mol. The molecule has 0 amide bonds. The van der Waals surface area contributed by atoms with Crippen LogP contribution in [0.3, 0.4) is 0 Å². The maximum atomic E-state index is 10.3. The predicted octanol–water partition coefficient (Wildman–Crippen LogP) is 2.90. The molecule has 0 aromatic carbocycles. The lowest BCUT2D eigenvalue weighted by atomic mass is 9.99. The molecular formula is C27H34N8O3. The third-order valence-corrected chi connectivity index (χ3v) is 8.63. The Kier molecular flexibility index (Phi) is 5.98. The summed E-state index contributed by atoms with van der Waals surface area (Å²) in [4.78, 5) is 9.89. The monoisotopic (exact) mass is 518 g/mol. The number of rotatable bonds is 4. The van der Waals surface area contributed by atoms with Crippen LogP contribution in [0.2, 0.25) is 0 Å². The van der Waals surface area contributed by atoms with Gasteiger partial charge in [0.1, 0.15) is 18.1 Å². The number of ether oxygens (including phenoxy) is 2. The Balaban J connectivity index is 1.39. The maximum absolute atomic E-state index is 10.3. The van der Waals surface area contributed by atoms with Crippen LogP contribution in [0.4, 0.5) is 11.5 Å². The van der Waals surface area contributed by atoms with E-state index in [9.17, 15) is 10.4 Å². The number of piperidine rings is 1. The number of morpholine rings is 1. The van der Waals surface area contributed by atoms with E-state index in [4.69, 9.17) is 24.7 Å². The number of aromatic nitrogens is 5. The molecule has 4 aliphatic heterocycles. The summed E-state index contributed by atoms with van der Waals surface area (Å²) in [5.41, 5.74) is 1.92. The fourth-order valence-electron chi connectivity index (χ4n) is 6.72. The van der Waals surface area contributed by atoms with Crippen LogP contribution in [0.15, 0.2) is 18.3 Å². The van der Waals surface area contributed by atoms with Crippen LogP contribution in [0.1, 0.15) is 63.8 Å². The highest BCUT2D eigenvalue weighted by molar-refractivity contribution is 5.96. The lowest BCUT2D eigenvalue weighted by Gasteiger charge is -2.39. The molecule has 1 N–H and O–H groups in total. The Hall–Kier alpha value is -3.20. The van der Waals surface area contributed by atoms with Crippen LogP contribution in [0.25, 0.3) is 16.9 Å². The lowest BCUT2D eigenvalue weighted by Crippen LogP contribution is -2.46. The lowest BCUT2D eigenvalue weighted by molar-refractivity contribution is -0.0395. The quantitative estimate of drug-likeness (QED) is 0.556. The maximum Gasteiger partial charge on any atom is 0.177 e. The van der Waals surface area contributed by atoms with E-state index in [2.05, 4.69) is 28.9 Å². The van der Waals surface area contributed by atoms with Gasteiger partial charge in [-0.05, 0) is 51.9 Å². The highest BCUT2D eigenvalue weighted by Gasteiger charge is 2.39. The van der Waals surface area contributed by atoms with Crippen molar-refractivity contribution in [1.29, 1.82) is 5.26 Å².